The number of carbonyl (C=O) groups excluding carboxylic acids is 2. The maximum absolute atomic E-state index is 11.4. The van der Waals surface area contributed by atoms with Crippen molar-refractivity contribution in [1.29, 1.82) is 0 Å². The first-order valence-corrected chi connectivity index (χ1v) is 7.02. The average Bonchev–Trinajstić information content (AvgIpc) is 2.72. The van der Waals surface area contributed by atoms with Crippen LogP contribution in [-0.2, 0) is 4.79 Å². The van der Waals surface area contributed by atoms with Gasteiger partial charge in [0.1, 0.15) is 0 Å². The summed E-state index contributed by atoms with van der Waals surface area (Å²) in [5.74, 6) is 0.834. The van der Waals surface area contributed by atoms with Crippen LogP contribution >= 0.6 is 11.8 Å². The minimum Gasteiger partial charge on any atom is -0.396 e. The minimum absolute atomic E-state index is 0.00121. The van der Waals surface area contributed by atoms with Gasteiger partial charge in [-0.05, 0) is 19.3 Å². The van der Waals surface area contributed by atoms with Gasteiger partial charge in [-0.15, -0.1) is 0 Å². The van der Waals surface area contributed by atoms with Crippen LogP contribution in [0.15, 0.2) is 0 Å². The molecule has 1 aliphatic rings. The first-order valence-electron chi connectivity index (χ1n) is 6.03. The van der Waals surface area contributed by atoms with Crippen LogP contribution in [0.4, 0.5) is 4.79 Å². The SMILES string of the molecule is O=C(CCN1CCSC1=O)NCCCCCO. The minimum atomic E-state index is -0.00121. The Morgan fingerprint density at radius 3 is 2.88 bits per heavy atom. The lowest BCUT2D eigenvalue weighted by Crippen LogP contribution is -2.31. The van der Waals surface area contributed by atoms with Crippen molar-refractivity contribution < 1.29 is 14.7 Å². The molecule has 0 radical (unpaired) electrons. The van der Waals surface area contributed by atoms with Crippen molar-refractivity contribution in [3.8, 4) is 0 Å². The number of unbranched alkanes of at least 4 members (excludes halogenated alkanes) is 2. The molecule has 0 bridgehead atoms. The summed E-state index contributed by atoms with van der Waals surface area (Å²) in [5, 5.41) is 11.5. The Bertz CT molecular complexity index is 261. The lowest BCUT2D eigenvalue weighted by Gasteiger charge is -2.13. The predicted molar refractivity (Wildman–Crippen MR) is 68.0 cm³/mol. The van der Waals surface area contributed by atoms with Gasteiger partial charge in [-0.2, -0.15) is 0 Å². The number of rotatable bonds is 8. The molecule has 1 saturated heterocycles. The summed E-state index contributed by atoms with van der Waals surface area (Å²) in [5.41, 5.74) is 0. The quantitative estimate of drug-likeness (QED) is 0.634. The van der Waals surface area contributed by atoms with E-state index in [0.717, 1.165) is 31.6 Å². The normalized spacial score (nSPS) is 15.4. The van der Waals surface area contributed by atoms with Crippen LogP contribution in [-0.4, -0.2) is 53.1 Å². The van der Waals surface area contributed by atoms with Gasteiger partial charge in [0.05, 0.1) is 0 Å². The summed E-state index contributed by atoms with van der Waals surface area (Å²) in [6.07, 6.45) is 2.99. The molecule has 0 saturated carbocycles. The molecule has 2 N–H and O–H groups in total. The van der Waals surface area contributed by atoms with Crippen LogP contribution in [0, 0.1) is 0 Å². The number of hydrogen-bond donors (Lipinski definition) is 2. The van der Waals surface area contributed by atoms with Gasteiger partial charge in [-0.1, -0.05) is 11.8 Å². The van der Waals surface area contributed by atoms with Crippen LogP contribution in [0.2, 0.25) is 0 Å². The van der Waals surface area contributed by atoms with Crippen LogP contribution in [0.5, 0.6) is 0 Å². The third-order valence-electron chi connectivity index (χ3n) is 2.61. The molecule has 98 valence electrons. The van der Waals surface area contributed by atoms with Gasteiger partial charge in [-0.3, -0.25) is 9.59 Å². The molecule has 0 unspecified atom stereocenters. The van der Waals surface area contributed by atoms with Crippen LogP contribution in [0.3, 0.4) is 0 Å². The van der Waals surface area contributed by atoms with Gasteiger partial charge >= 0.3 is 0 Å². The van der Waals surface area contributed by atoms with Gasteiger partial charge in [0.25, 0.3) is 5.24 Å². The molecule has 1 aliphatic heterocycles. The van der Waals surface area contributed by atoms with Crippen molar-refractivity contribution in [3.63, 3.8) is 0 Å². The Balaban J connectivity index is 1.99. The van der Waals surface area contributed by atoms with Crippen molar-refractivity contribution in [2.45, 2.75) is 25.7 Å². The highest BCUT2D eigenvalue weighted by Crippen LogP contribution is 2.16. The second kappa shape index (κ2) is 8.36. The van der Waals surface area contributed by atoms with E-state index in [1.54, 1.807) is 4.90 Å². The summed E-state index contributed by atoms with van der Waals surface area (Å²) >= 11 is 1.32. The fourth-order valence-corrected chi connectivity index (χ4v) is 2.45. The van der Waals surface area contributed by atoms with Gasteiger partial charge in [-0.25, -0.2) is 0 Å². The zero-order chi connectivity index (χ0) is 12.5. The summed E-state index contributed by atoms with van der Waals surface area (Å²) in [6.45, 7) is 2.14. The number of carbonyl (C=O) groups is 2. The van der Waals surface area contributed by atoms with Gasteiger partial charge < -0.3 is 15.3 Å². The van der Waals surface area contributed by atoms with Crippen molar-refractivity contribution in [3.05, 3.63) is 0 Å². The number of aliphatic hydroxyl groups excluding tert-OH is 1. The van der Waals surface area contributed by atoms with E-state index in [4.69, 9.17) is 5.11 Å². The van der Waals surface area contributed by atoms with E-state index >= 15 is 0 Å². The van der Waals surface area contributed by atoms with E-state index in [-0.39, 0.29) is 17.8 Å². The van der Waals surface area contributed by atoms with Crippen molar-refractivity contribution >= 4 is 22.9 Å². The zero-order valence-electron chi connectivity index (χ0n) is 9.98. The standard InChI is InChI=1S/C11H20N2O3S/c14-8-3-1-2-5-12-10(15)4-6-13-7-9-17-11(13)16/h14H,1-9H2,(H,12,15). The molecule has 1 rings (SSSR count). The average molecular weight is 260 g/mol. The fraction of sp³-hybridized carbons (Fsp3) is 0.818. The van der Waals surface area contributed by atoms with E-state index in [9.17, 15) is 9.59 Å². The Morgan fingerprint density at radius 2 is 2.24 bits per heavy atom. The number of hydrogen-bond acceptors (Lipinski definition) is 4. The van der Waals surface area contributed by atoms with Crippen molar-refractivity contribution in [2.75, 3.05) is 32.0 Å². The smallest absolute Gasteiger partial charge is 0.281 e. The predicted octanol–water partition coefficient (Wildman–Crippen LogP) is 0.824. The van der Waals surface area contributed by atoms with E-state index in [1.165, 1.54) is 11.8 Å². The maximum Gasteiger partial charge on any atom is 0.281 e. The van der Waals surface area contributed by atoms with E-state index < -0.39 is 0 Å². The molecule has 0 aromatic carbocycles. The first-order chi connectivity index (χ1) is 8.24. The third kappa shape index (κ3) is 5.93. The van der Waals surface area contributed by atoms with Crippen molar-refractivity contribution in [1.82, 2.24) is 10.2 Å². The van der Waals surface area contributed by atoms with Crippen LogP contribution in [0.25, 0.3) is 0 Å². The highest BCUT2D eigenvalue weighted by molar-refractivity contribution is 8.13. The Kier molecular flexibility index (Phi) is 7.04. The summed E-state index contributed by atoms with van der Waals surface area (Å²) < 4.78 is 0. The zero-order valence-corrected chi connectivity index (χ0v) is 10.8. The van der Waals surface area contributed by atoms with Crippen LogP contribution in [0.1, 0.15) is 25.7 Å². The number of thioether (sulfide) groups is 1. The summed E-state index contributed by atoms with van der Waals surface area (Å²) in [6, 6.07) is 0. The third-order valence-corrected chi connectivity index (χ3v) is 3.50. The number of nitrogens with zero attached hydrogens (tertiary/aromatic N) is 1. The molecule has 0 atom stereocenters. The second-order valence-corrected chi connectivity index (χ2v) is 5.03. The molecule has 6 heteroatoms. The Morgan fingerprint density at radius 1 is 1.41 bits per heavy atom. The lowest BCUT2D eigenvalue weighted by molar-refractivity contribution is -0.121. The molecular formula is C11H20N2O3S. The number of aliphatic hydroxyl groups is 1. The fourth-order valence-electron chi connectivity index (χ4n) is 1.60. The molecule has 1 heterocycles. The highest BCUT2D eigenvalue weighted by Gasteiger charge is 2.21. The molecular weight excluding hydrogens is 240 g/mol. The van der Waals surface area contributed by atoms with Gasteiger partial charge in [0, 0.05) is 38.4 Å². The molecule has 1 fully saturated rings. The van der Waals surface area contributed by atoms with Gasteiger partial charge in [0.15, 0.2) is 0 Å². The monoisotopic (exact) mass is 260 g/mol. The lowest BCUT2D eigenvalue weighted by atomic mass is 10.2. The molecule has 2 amide bonds. The highest BCUT2D eigenvalue weighted by atomic mass is 32.2. The second-order valence-electron chi connectivity index (χ2n) is 3.99. The first kappa shape index (κ1) is 14.3. The molecule has 17 heavy (non-hydrogen) atoms. The van der Waals surface area contributed by atoms with E-state index in [1.807, 2.05) is 0 Å². The topological polar surface area (TPSA) is 69.6 Å². The summed E-state index contributed by atoms with van der Waals surface area (Å²) in [7, 11) is 0. The van der Waals surface area contributed by atoms with Gasteiger partial charge in [0.2, 0.25) is 5.91 Å². The molecule has 0 aliphatic carbocycles. The van der Waals surface area contributed by atoms with E-state index in [0.29, 0.717) is 19.5 Å². The van der Waals surface area contributed by atoms with Crippen LogP contribution < -0.4 is 5.32 Å². The van der Waals surface area contributed by atoms with Crippen molar-refractivity contribution in [2.24, 2.45) is 0 Å². The maximum atomic E-state index is 11.4. The Hall–Kier alpha value is -0.750. The Labute approximate surface area is 106 Å². The largest absolute Gasteiger partial charge is 0.396 e. The molecule has 0 aromatic heterocycles. The molecule has 0 spiro atoms. The van der Waals surface area contributed by atoms with E-state index in [2.05, 4.69) is 5.32 Å². The number of amides is 2. The molecule has 0 aromatic rings. The molecule has 5 nitrogen and oxygen atoms in total. The number of nitrogens with one attached hydrogen (secondary N) is 1. The summed E-state index contributed by atoms with van der Waals surface area (Å²) in [4.78, 5) is 24.4.